The van der Waals surface area contributed by atoms with E-state index in [1.165, 1.54) is 11.3 Å². The molecule has 2 aromatic heterocycles. The molecule has 0 spiro atoms. The molecule has 6 nitrogen and oxygen atoms in total. The SMILES string of the molecule is O=C(CCc1nn2cnnc2s1)Nc1cccc(Cl)c1. The van der Waals surface area contributed by atoms with Crippen LogP contribution in [0.1, 0.15) is 11.4 Å². The largest absolute Gasteiger partial charge is 0.326 e. The highest BCUT2D eigenvalue weighted by Gasteiger charge is 2.08. The molecule has 20 heavy (non-hydrogen) atoms. The monoisotopic (exact) mass is 307 g/mol. The standard InChI is InChI=1S/C12H10ClN5OS/c13-8-2-1-3-9(6-8)15-10(19)4-5-11-17-18-7-14-16-12(18)20-11/h1-3,6-7H,4-5H2,(H,15,19). The number of hydrogen-bond donors (Lipinski definition) is 1. The van der Waals surface area contributed by atoms with E-state index in [0.717, 1.165) is 9.97 Å². The summed E-state index contributed by atoms with van der Waals surface area (Å²) in [6.07, 6.45) is 2.47. The maximum absolute atomic E-state index is 11.8. The summed E-state index contributed by atoms with van der Waals surface area (Å²) < 4.78 is 1.61. The molecule has 0 aliphatic rings. The molecule has 0 unspecified atom stereocenters. The van der Waals surface area contributed by atoms with Crippen LogP contribution >= 0.6 is 22.9 Å². The van der Waals surface area contributed by atoms with Crippen LogP contribution in [0.15, 0.2) is 30.6 Å². The molecule has 3 rings (SSSR count). The van der Waals surface area contributed by atoms with E-state index in [2.05, 4.69) is 20.6 Å². The molecule has 1 amide bonds. The number of rotatable bonds is 4. The first-order valence-electron chi connectivity index (χ1n) is 5.92. The van der Waals surface area contributed by atoms with Gasteiger partial charge in [-0.05, 0) is 18.2 Å². The van der Waals surface area contributed by atoms with E-state index in [0.29, 0.717) is 23.6 Å². The van der Waals surface area contributed by atoms with Gasteiger partial charge in [0.25, 0.3) is 0 Å². The summed E-state index contributed by atoms with van der Waals surface area (Å²) in [5.41, 5.74) is 0.695. The topological polar surface area (TPSA) is 72.2 Å². The fourth-order valence-electron chi connectivity index (χ4n) is 1.71. The minimum Gasteiger partial charge on any atom is -0.326 e. The first-order chi connectivity index (χ1) is 9.70. The second-order valence-corrected chi connectivity index (χ2v) is 5.59. The predicted molar refractivity (Wildman–Crippen MR) is 77.1 cm³/mol. The Hall–Kier alpha value is -1.99. The number of benzene rings is 1. The molecule has 1 N–H and O–H groups in total. The zero-order valence-electron chi connectivity index (χ0n) is 10.3. The number of nitrogens with zero attached hydrogens (tertiary/aromatic N) is 4. The molecule has 0 saturated carbocycles. The van der Waals surface area contributed by atoms with Gasteiger partial charge in [-0.15, -0.1) is 10.2 Å². The summed E-state index contributed by atoms with van der Waals surface area (Å²) in [6.45, 7) is 0. The quantitative estimate of drug-likeness (QED) is 0.803. The third-order valence-corrected chi connectivity index (χ3v) is 3.81. The van der Waals surface area contributed by atoms with Crippen LogP contribution in [0.5, 0.6) is 0 Å². The predicted octanol–water partition coefficient (Wildman–Crippen LogP) is 2.41. The van der Waals surface area contributed by atoms with Crippen molar-refractivity contribution in [1.29, 1.82) is 0 Å². The van der Waals surface area contributed by atoms with Crippen LogP contribution in [0.25, 0.3) is 4.96 Å². The van der Waals surface area contributed by atoms with Gasteiger partial charge in [-0.25, -0.2) is 0 Å². The first-order valence-corrected chi connectivity index (χ1v) is 7.11. The minimum atomic E-state index is -0.0711. The summed E-state index contributed by atoms with van der Waals surface area (Å²) in [7, 11) is 0. The zero-order chi connectivity index (χ0) is 13.9. The number of aryl methyl sites for hydroxylation is 1. The molecule has 3 aromatic rings. The van der Waals surface area contributed by atoms with Gasteiger partial charge in [0.05, 0.1) is 0 Å². The molecule has 0 bridgehead atoms. The van der Waals surface area contributed by atoms with E-state index in [1.54, 1.807) is 35.1 Å². The number of nitrogens with one attached hydrogen (secondary N) is 1. The van der Waals surface area contributed by atoms with Gasteiger partial charge in [0.15, 0.2) is 0 Å². The number of halogens is 1. The molecular weight excluding hydrogens is 298 g/mol. The Morgan fingerprint density at radius 3 is 3.15 bits per heavy atom. The van der Waals surface area contributed by atoms with Crippen molar-refractivity contribution >= 4 is 39.5 Å². The molecule has 0 saturated heterocycles. The van der Waals surface area contributed by atoms with Crippen molar-refractivity contribution in [2.24, 2.45) is 0 Å². The molecular formula is C12H10ClN5OS. The van der Waals surface area contributed by atoms with Gasteiger partial charge in [0.2, 0.25) is 10.9 Å². The number of amides is 1. The second-order valence-electron chi connectivity index (χ2n) is 4.11. The summed E-state index contributed by atoms with van der Waals surface area (Å²) in [6, 6.07) is 7.06. The Labute approximate surface area is 123 Å². The van der Waals surface area contributed by atoms with Gasteiger partial charge < -0.3 is 5.32 Å². The van der Waals surface area contributed by atoms with Crippen molar-refractivity contribution in [2.45, 2.75) is 12.8 Å². The van der Waals surface area contributed by atoms with Crippen LogP contribution in [-0.2, 0) is 11.2 Å². The van der Waals surface area contributed by atoms with Gasteiger partial charge in [-0.1, -0.05) is 29.0 Å². The lowest BCUT2D eigenvalue weighted by atomic mass is 10.2. The number of anilines is 1. The highest BCUT2D eigenvalue weighted by molar-refractivity contribution is 7.16. The average Bonchev–Trinajstić information content (AvgIpc) is 2.97. The smallest absolute Gasteiger partial charge is 0.234 e. The third kappa shape index (κ3) is 2.94. The maximum atomic E-state index is 11.8. The van der Waals surface area contributed by atoms with Gasteiger partial charge in [-0.3, -0.25) is 4.79 Å². The van der Waals surface area contributed by atoms with Crippen LogP contribution in [0.2, 0.25) is 5.02 Å². The molecule has 1 aromatic carbocycles. The van der Waals surface area contributed by atoms with Crippen molar-refractivity contribution in [3.8, 4) is 0 Å². The first kappa shape index (κ1) is 13.0. The zero-order valence-corrected chi connectivity index (χ0v) is 11.9. The van der Waals surface area contributed by atoms with E-state index < -0.39 is 0 Å². The molecule has 0 aliphatic carbocycles. The Morgan fingerprint density at radius 2 is 2.35 bits per heavy atom. The maximum Gasteiger partial charge on any atom is 0.234 e. The Bertz CT molecular complexity index is 724. The lowest BCUT2D eigenvalue weighted by Crippen LogP contribution is -2.12. The fourth-order valence-corrected chi connectivity index (χ4v) is 2.72. The number of carbonyl (C=O) groups excluding carboxylic acids is 1. The molecule has 8 heteroatoms. The van der Waals surface area contributed by atoms with Crippen LogP contribution in [0.4, 0.5) is 5.69 Å². The second kappa shape index (κ2) is 5.56. The number of hydrogen-bond acceptors (Lipinski definition) is 5. The van der Waals surface area contributed by atoms with Crippen LogP contribution < -0.4 is 5.32 Å². The van der Waals surface area contributed by atoms with E-state index >= 15 is 0 Å². The summed E-state index contributed by atoms with van der Waals surface area (Å²) >= 11 is 7.29. The van der Waals surface area contributed by atoms with E-state index in [4.69, 9.17) is 11.6 Å². The molecule has 0 atom stereocenters. The molecule has 0 radical (unpaired) electrons. The normalized spacial score (nSPS) is 10.8. The van der Waals surface area contributed by atoms with E-state index in [9.17, 15) is 4.79 Å². The molecule has 102 valence electrons. The van der Waals surface area contributed by atoms with E-state index in [1.807, 2.05) is 0 Å². The fraction of sp³-hybridized carbons (Fsp3) is 0.167. The van der Waals surface area contributed by atoms with Gasteiger partial charge >= 0.3 is 0 Å². The third-order valence-electron chi connectivity index (χ3n) is 2.60. The lowest BCUT2D eigenvalue weighted by molar-refractivity contribution is -0.116. The number of aromatic nitrogens is 4. The lowest BCUT2D eigenvalue weighted by Gasteiger charge is -2.04. The average molecular weight is 308 g/mol. The summed E-state index contributed by atoms with van der Waals surface area (Å²) in [5, 5.41) is 16.2. The van der Waals surface area contributed by atoms with Gasteiger partial charge in [0.1, 0.15) is 11.3 Å². The van der Waals surface area contributed by atoms with Crippen molar-refractivity contribution in [1.82, 2.24) is 19.8 Å². The van der Waals surface area contributed by atoms with Gasteiger partial charge in [-0.2, -0.15) is 9.61 Å². The van der Waals surface area contributed by atoms with Crippen LogP contribution in [0, 0.1) is 0 Å². The van der Waals surface area contributed by atoms with Crippen LogP contribution in [0.3, 0.4) is 0 Å². The van der Waals surface area contributed by atoms with Crippen molar-refractivity contribution in [3.05, 3.63) is 40.6 Å². The Kier molecular flexibility index (Phi) is 3.62. The summed E-state index contributed by atoms with van der Waals surface area (Å²) in [5.74, 6) is -0.0711. The number of carbonyl (C=O) groups is 1. The highest BCUT2D eigenvalue weighted by Crippen LogP contribution is 2.16. The van der Waals surface area contributed by atoms with Crippen molar-refractivity contribution < 1.29 is 4.79 Å². The minimum absolute atomic E-state index is 0.0711. The summed E-state index contributed by atoms with van der Waals surface area (Å²) in [4.78, 5) is 12.6. The number of fused-ring (bicyclic) bond motifs is 1. The Balaban J connectivity index is 1.58. The molecule has 0 fully saturated rings. The van der Waals surface area contributed by atoms with Gasteiger partial charge in [0, 0.05) is 23.6 Å². The van der Waals surface area contributed by atoms with Crippen molar-refractivity contribution in [3.63, 3.8) is 0 Å². The Morgan fingerprint density at radius 1 is 1.45 bits per heavy atom. The highest BCUT2D eigenvalue weighted by atomic mass is 35.5. The van der Waals surface area contributed by atoms with Crippen molar-refractivity contribution in [2.75, 3.05) is 5.32 Å². The molecule has 0 aliphatic heterocycles. The van der Waals surface area contributed by atoms with Crippen LogP contribution in [-0.4, -0.2) is 25.7 Å². The van der Waals surface area contributed by atoms with E-state index in [-0.39, 0.29) is 5.91 Å². The molecule has 2 heterocycles.